The van der Waals surface area contributed by atoms with E-state index in [9.17, 15) is 17.6 Å². The van der Waals surface area contributed by atoms with Crippen LogP contribution in [0.1, 0.15) is 12.0 Å². The molecular formula is C17H17ClFNO5S. The normalized spacial score (nSPS) is 11.2. The topological polar surface area (TPSA) is 81.7 Å². The molecular weight excluding hydrogens is 385 g/mol. The van der Waals surface area contributed by atoms with Crippen molar-refractivity contribution in [2.45, 2.75) is 17.9 Å². The number of carbonyl (C=O) groups excluding carboxylic acids is 1. The Morgan fingerprint density at radius 3 is 2.50 bits per heavy atom. The summed E-state index contributed by atoms with van der Waals surface area (Å²) in [6.07, 6.45) is -0.207. The maximum Gasteiger partial charge on any atom is 0.307 e. The minimum Gasteiger partial charge on any atom is -0.497 e. The van der Waals surface area contributed by atoms with E-state index in [-0.39, 0.29) is 35.1 Å². The van der Waals surface area contributed by atoms with Gasteiger partial charge in [0.1, 0.15) is 18.2 Å². The number of esters is 1. The fourth-order valence-electron chi connectivity index (χ4n) is 2.02. The Kier molecular flexibility index (Phi) is 6.96. The van der Waals surface area contributed by atoms with E-state index < -0.39 is 21.8 Å². The van der Waals surface area contributed by atoms with Crippen LogP contribution in [0.2, 0.25) is 5.02 Å². The molecule has 2 aromatic rings. The SMILES string of the molecule is COc1ccc(S(=O)(=O)NCCC(=O)OCc2c(F)cccc2Cl)cc1. The molecule has 2 rings (SSSR count). The number of hydrogen-bond donors (Lipinski definition) is 1. The quantitative estimate of drug-likeness (QED) is 0.688. The van der Waals surface area contributed by atoms with Gasteiger partial charge in [0.15, 0.2) is 0 Å². The van der Waals surface area contributed by atoms with E-state index in [0.717, 1.165) is 0 Å². The Morgan fingerprint density at radius 1 is 1.19 bits per heavy atom. The van der Waals surface area contributed by atoms with E-state index in [4.69, 9.17) is 21.1 Å². The highest BCUT2D eigenvalue weighted by Crippen LogP contribution is 2.20. The number of rotatable bonds is 8. The first kappa shape index (κ1) is 20.2. The number of carbonyl (C=O) groups is 1. The maximum atomic E-state index is 13.6. The van der Waals surface area contributed by atoms with Gasteiger partial charge in [-0.25, -0.2) is 17.5 Å². The van der Waals surface area contributed by atoms with Gasteiger partial charge in [0.2, 0.25) is 10.0 Å². The van der Waals surface area contributed by atoms with Crippen LogP contribution in [0.15, 0.2) is 47.4 Å². The molecule has 0 radical (unpaired) electrons. The highest BCUT2D eigenvalue weighted by Gasteiger charge is 2.15. The van der Waals surface area contributed by atoms with Crippen molar-refractivity contribution in [2.75, 3.05) is 13.7 Å². The molecule has 9 heteroatoms. The fourth-order valence-corrected chi connectivity index (χ4v) is 3.27. The second kappa shape index (κ2) is 8.98. The summed E-state index contributed by atoms with van der Waals surface area (Å²) in [7, 11) is -2.28. The zero-order valence-corrected chi connectivity index (χ0v) is 15.4. The number of ether oxygens (including phenoxy) is 2. The number of hydrogen-bond acceptors (Lipinski definition) is 5. The zero-order valence-electron chi connectivity index (χ0n) is 13.9. The molecule has 140 valence electrons. The first-order chi connectivity index (χ1) is 12.3. The van der Waals surface area contributed by atoms with E-state index in [2.05, 4.69) is 4.72 Å². The van der Waals surface area contributed by atoms with Crippen molar-refractivity contribution in [3.8, 4) is 5.75 Å². The monoisotopic (exact) mass is 401 g/mol. The van der Waals surface area contributed by atoms with Crippen molar-refractivity contribution in [1.29, 1.82) is 0 Å². The van der Waals surface area contributed by atoms with Gasteiger partial charge >= 0.3 is 5.97 Å². The lowest BCUT2D eigenvalue weighted by Crippen LogP contribution is -2.26. The Hall–Kier alpha value is -2.16. The van der Waals surface area contributed by atoms with Gasteiger partial charge in [-0.15, -0.1) is 0 Å². The Balaban J connectivity index is 1.83. The van der Waals surface area contributed by atoms with Crippen LogP contribution in [-0.2, 0) is 26.2 Å². The van der Waals surface area contributed by atoms with Crippen LogP contribution in [0.25, 0.3) is 0 Å². The summed E-state index contributed by atoms with van der Waals surface area (Å²) >= 11 is 5.83. The molecule has 0 fully saturated rings. The van der Waals surface area contributed by atoms with Gasteiger partial charge in [0.25, 0.3) is 0 Å². The van der Waals surface area contributed by atoms with Gasteiger partial charge in [-0.3, -0.25) is 4.79 Å². The number of nitrogens with one attached hydrogen (secondary N) is 1. The summed E-state index contributed by atoms with van der Waals surface area (Å²) in [4.78, 5) is 11.8. The summed E-state index contributed by atoms with van der Waals surface area (Å²) in [5, 5.41) is 0.151. The molecule has 26 heavy (non-hydrogen) atoms. The molecule has 0 aliphatic carbocycles. The van der Waals surface area contributed by atoms with Crippen LogP contribution in [0, 0.1) is 5.82 Å². The Bertz CT molecular complexity index is 851. The molecule has 6 nitrogen and oxygen atoms in total. The third-order valence-corrected chi connectivity index (χ3v) is 5.26. The number of sulfonamides is 1. The molecule has 0 saturated heterocycles. The molecule has 2 aromatic carbocycles. The van der Waals surface area contributed by atoms with Crippen LogP contribution in [-0.4, -0.2) is 28.0 Å². The van der Waals surface area contributed by atoms with Gasteiger partial charge < -0.3 is 9.47 Å². The largest absolute Gasteiger partial charge is 0.497 e. The number of benzene rings is 2. The van der Waals surface area contributed by atoms with Crippen LogP contribution in [0.4, 0.5) is 4.39 Å². The maximum absolute atomic E-state index is 13.6. The highest BCUT2D eigenvalue weighted by molar-refractivity contribution is 7.89. The lowest BCUT2D eigenvalue weighted by atomic mass is 10.2. The summed E-state index contributed by atoms with van der Waals surface area (Å²) in [6, 6.07) is 9.94. The first-order valence-electron chi connectivity index (χ1n) is 7.55. The standard InChI is InChI=1S/C17H17ClFNO5S/c1-24-12-5-7-13(8-6-12)26(22,23)20-10-9-17(21)25-11-14-15(18)3-2-4-16(14)19/h2-8,20H,9-11H2,1H3. The average Bonchev–Trinajstić information content (AvgIpc) is 2.61. The van der Waals surface area contributed by atoms with E-state index >= 15 is 0 Å². The van der Waals surface area contributed by atoms with Crippen LogP contribution in [0.5, 0.6) is 5.75 Å². The van der Waals surface area contributed by atoms with Crippen molar-refractivity contribution in [3.63, 3.8) is 0 Å². The third-order valence-electron chi connectivity index (χ3n) is 3.43. The molecule has 0 aromatic heterocycles. The summed E-state index contributed by atoms with van der Waals surface area (Å²) in [5.74, 6) is -0.730. The van der Waals surface area contributed by atoms with E-state index in [1.807, 2.05) is 0 Å². The Morgan fingerprint density at radius 2 is 1.88 bits per heavy atom. The predicted octanol–water partition coefficient (Wildman–Crippen LogP) is 2.90. The molecule has 0 bridgehead atoms. The van der Waals surface area contributed by atoms with E-state index in [0.29, 0.717) is 5.75 Å². The predicted molar refractivity (Wildman–Crippen MR) is 94.0 cm³/mol. The summed E-state index contributed by atoms with van der Waals surface area (Å²) in [5.41, 5.74) is 0.0707. The van der Waals surface area contributed by atoms with E-state index in [1.165, 1.54) is 49.6 Å². The Labute approximate surface area is 155 Å². The van der Waals surface area contributed by atoms with Gasteiger partial charge in [-0.05, 0) is 36.4 Å². The second-order valence-electron chi connectivity index (χ2n) is 5.18. The van der Waals surface area contributed by atoms with Crippen molar-refractivity contribution in [2.24, 2.45) is 0 Å². The van der Waals surface area contributed by atoms with Crippen molar-refractivity contribution >= 4 is 27.6 Å². The second-order valence-corrected chi connectivity index (χ2v) is 7.36. The minimum atomic E-state index is -3.76. The molecule has 0 atom stereocenters. The number of halogens is 2. The highest BCUT2D eigenvalue weighted by atomic mass is 35.5. The van der Waals surface area contributed by atoms with Crippen LogP contribution >= 0.6 is 11.6 Å². The lowest BCUT2D eigenvalue weighted by Gasteiger charge is -2.09. The zero-order chi connectivity index (χ0) is 19.2. The van der Waals surface area contributed by atoms with Crippen molar-refractivity contribution in [1.82, 2.24) is 4.72 Å². The van der Waals surface area contributed by atoms with Crippen molar-refractivity contribution < 1.29 is 27.1 Å². The molecule has 0 aliphatic rings. The minimum absolute atomic E-state index is 0.0461. The molecule has 0 saturated carbocycles. The van der Waals surface area contributed by atoms with Crippen molar-refractivity contribution in [3.05, 3.63) is 58.9 Å². The van der Waals surface area contributed by atoms with E-state index in [1.54, 1.807) is 0 Å². The number of methoxy groups -OCH3 is 1. The molecule has 0 heterocycles. The van der Waals surface area contributed by atoms with Gasteiger partial charge in [-0.2, -0.15) is 0 Å². The van der Waals surface area contributed by atoms with Crippen LogP contribution in [0.3, 0.4) is 0 Å². The third kappa shape index (κ3) is 5.42. The summed E-state index contributed by atoms with van der Waals surface area (Å²) in [6.45, 7) is -0.478. The lowest BCUT2D eigenvalue weighted by molar-refractivity contribution is -0.144. The molecule has 0 aliphatic heterocycles. The van der Waals surface area contributed by atoms with Gasteiger partial charge in [-0.1, -0.05) is 17.7 Å². The smallest absolute Gasteiger partial charge is 0.307 e. The van der Waals surface area contributed by atoms with Gasteiger partial charge in [0, 0.05) is 12.1 Å². The molecule has 0 spiro atoms. The first-order valence-corrected chi connectivity index (χ1v) is 9.42. The molecule has 0 unspecified atom stereocenters. The fraction of sp³-hybridized carbons (Fsp3) is 0.235. The summed E-state index contributed by atoms with van der Waals surface area (Å²) < 4.78 is 50.0. The molecule has 0 amide bonds. The van der Waals surface area contributed by atoms with Crippen LogP contribution < -0.4 is 9.46 Å². The van der Waals surface area contributed by atoms with Gasteiger partial charge in [0.05, 0.1) is 23.4 Å². The average molecular weight is 402 g/mol. The molecule has 1 N–H and O–H groups in total.